The van der Waals surface area contributed by atoms with Crippen molar-refractivity contribution in [3.8, 4) is 0 Å². The molecule has 0 aromatic rings. The summed E-state index contributed by atoms with van der Waals surface area (Å²) in [7, 11) is -9.55. The number of hydrogen-bond acceptors (Lipinski definition) is 4. The third-order valence-electron chi connectivity index (χ3n) is 3.26. The summed E-state index contributed by atoms with van der Waals surface area (Å²) < 4.78 is 28.2. The van der Waals surface area contributed by atoms with Crippen LogP contribution in [-0.4, -0.2) is 50.0 Å². The van der Waals surface area contributed by atoms with Gasteiger partial charge in [0.05, 0.1) is 0 Å². The lowest BCUT2D eigenvalue weighted by atomic mass is 10.5. The SMILES string of the molecule is C[Si](C)(C)OP(=O)(CCCN([Si](C)(C)C)[Si](C)(C)C)O[Si](C)(C)C. The Labute approximate surface area is 155 Å². The zero-order valence-corrected chi connectivity index (χ0v) is 23.1. The highest BCUT2D eigenvalue weighted by molar-refractivity contribution is 7.57. The summed E-state index contributed by atoms with van der Waals surface area (Å²) in [4.78, 5) is 0. The summed E-state index contributed by atoms with van der Waals surface area (Å²) in [6.07, 6.45) is 1.44. The van der Waals surface area contributed by atoms with Gasteiger partial charge in [0.25, 0.3) is 0 Å². The van der Waals surface area contributed by atoms with Gasteiger partial charge in [-0.2, -0.15) is 0 Å². The Hall–Kier alpha value is 0.978. The van der Waals surface area contributed by atoms with Crippen LogP contribution in [-0.2, 0) is 13.0 Å². The van der Waals surface area contributed by atoms with E-state index in [4.69, 9.17) is 8.43 Å². The third kappa shape index (κ3) is 10.9. The summed E-state index contributed by atoms with van der Waals surface area (Å²) in [5.41, 5.74) is 0. The van der Waals surface area contributed by atoms with Crippen LogP contribution in [0.1, 0.15) is 6.42 Å². The summed E-state index contributed by atoms with van der Waals surface area (Å²) in [5.74, 6) is 0. The molecule has 0 aliphatic carbocycles. The molecule has 0 atom stereocenters. The zero-order valence-electron chi connectivity index (χ0n) is 18.2. The van der Waals surface area contributed by atoms with Crippen LogP contribution in [0.25, 0.3) is 0 Å². The first-order valence-corrected chi connectivity index (χ1v) is 24.5. The minimum atomic E-state index is -3.00. The van der Waals surface area contributed by atoms with Crippen molar-refractivity contribution in [2.24, 2.45) is 0 Å². The van der Waals surface area contributed by atoms with E-state index in [1.165, 1.54) is 0 Å². The number of rotatable bonds is 10. The van der Waals surface area contributed by atoms with Gasteiger partial charge in [-0.3, -0.25) is 4.57 Å². The topological polar surface area (TPSA) is 38.8 Å². The van der Waals surface area contributed by atoms with Crippen LogP contribution in [0.15, 0.2) is 0 Å². The van der Waals surface area contributed by atoms with Gasteiger partial charge in [-0.05, 0) is 52.2 Å². The molecule has 0 amide bonds. The Morgan fingerprint density at radius 2 is 1.04 bits per heavy atom. The maximum absolute atomic E-state index is 13.4. The molecule has 0 unspecified atom stereocenters. The molecule has 9 heteroatoms. The van der Waals surface area contributed by atoms with Crippen LogP contribution in [0.3, 0.4) is 0 Å². The highest BCUT2D eigenvalue weighted by Crippen LogP contribution is 2.53. The molecule has 24 heavy (non-hydrogen) atoms. The van der Waals surface area contributed by atoms with Crippen molar-refractivity contribution in [1.29, 1.82) is 0 Å². The Kier molecular flexibility index (Phi) is 8.67. The second kappa shape index (κ2) is 8.33. The summed E-state index contributed by atoms with van der Waals surface area (Å²) in [6.45, 7) is 28.0. The van der Waals surface area contributed by atoms with Gasteiger partial charge in [0.2, 0.25) is 0 Å². The fourth-order valence-electron chi connectivity index (χ4n) is 3.04. The van der Waals surface area contributed by atoms with E-state index in [1.54, 1.807) is 0 Å². The van der Waals surface area contributed by atoms with Gasteiger partial charge in [-0.1, -0.05) is 39.3 Å². The monoisotopic (exact) mass is 427 g/mol. The van der Waals surface area contributed by atoms with Crippen LogP contribution in [0.2, 0.25) is 78.6 Å². The first kappa shape index (κ1) is 25.0. The minimum Gasteiger partial charge on any atom is -0.352 e. The minimum absolute atomic E-state index is 0.549. The predicted octanol–water partition coefficient (Wildman–Crippen LogP) is 6.24. The van der Waals surface area contributed by atoms with Crippen molar-refractivity contribution in [2.45, 2.75) is 85.0 Å². The third-order valence-corrected chi connectivity index (χ3v) is 18.4. The number of hydrogen-bond donors (Lipinski definition) is 0. The number of nitrogens with zero attached hydrogens (tertiary/aromatic N) is 1. The van der Waals surface area contributed by atoms with E-state index in [-0.39, 0.29) is 0 Å². The molecule has 0 saturated heterocycles. The van der Waals surface area contributed by atoms with E-state index in [2.05, 4.69) is 82.8 Å². The molecule has 0 saturated carbocycles. The van der Waals surface area contributed by atoms with Crippen LogP contribution in [0, 0.1) is 0 Å². The summed E-state index contributed by atoms with van der Waals surface area (Å²) in [6, 6.07) is 0. The molecule has 0 aliphatic rings. The van der Waals surface area contributed by atoms with Gasteiger partial charge in [0.1, 0.15) is 16.5 Å². The maximum Gasteiger partial charge on any atom is 0.311 e. The molecule has 0 fully saturated rings. The second-order valence-electron chi connectivity index (χ2n) is 10.6. The fourth-order valence-corrected chi connectivity index (χ4v) is 21.2. The lowest BCUT2D eigenvalue weighted by molar-refractivity contribution is 0.380. The van der Waals surface area contributed by atoms with E-state index in [0.29, 0.717) is 6.16 Å². The average molecular weight is 428 g/mol. The van der Waals surface area contributed by atoms with Crippen molar-refractivity contribution in [3.63, 3.8) is 0 Å². The maximum atomic E-state index is 13.4. The van der Waals surface area contributed by atoms with Crippen molar-refractivity contribution < 1.29 is 13.0 Å². The molecule has 0 N–H and O–H groups in total. The quantitative estimate of drug-likeness (QED) is 0.305. The van der Waals surface area contributed by atoms with E-state index >= 15 is 0 Å². The first-order valence-electron chi connectivity index (χ1n) is 9.04. The molecular formula is C15H42NO3PSi4. The Morgan fingerprint density at radius 1 is 0.708 bits per heavy atom. The van der Waals surface area contributed by atoms with Gasteiger partial charge in [0, 0.05) is 6.16 Å². The van der Waals surface area contributed by atoms with Crippen LogP contribution >= 0.6 is 7.60 Å². The Balaban J connectivity index is 5.10. The zero-order chi connectivity index (χ0) is 19.6. The molecule has 4 nitrogen and oxygen atoms in total. The van der Waals surface area contributed by atoms with Crippen molar-refractivity contribution in [1.82, 2.24) is 4.23 Å². The molecule has 0 rings (SSSR count). The molecule has 0 spiro atoms. The predicted molar refractivity (Wildman–Crippen MR) is 119 cm³/mol. The van der Waals surface area contributed by atoms with Crippen LogP contribution in [0.4, 0.5) is 0 Å². The second-order valence-corrected chi connectivity index (χ2v) is 32.4. The molecule has 0 aromatic heterocycles. The van der Waals surface area contributed by atoms with Crippen molar-refractivity contribution in [3.05, 3.63) is 0 Å². The molecule has 0 bridgehead atoms. The molecule has 0 aliphatic heterocycles. The van der Waals surface area contributed by atoms with Gasteiger partial charge in [-0.25, -0.2) is 0 Å². The molecular weight excluding hydrogens is 385 g/mol. The summed E-state index contributed by atoms with van der Waals surface area (Å²) in [5, 5.41) is 0. The summed E-state index contributed by atoms with van der Waals surface area (Å²) >= 11 is 0. The van der Waals surface area contributed by atoms with Gasteiger partial charge in [-0.15, -0.1) is 0 Å². The van der Waals surface area contributed by atoms with Crippen molar-refractivity contribution >= 4 is 40.7 Å². The molecule has 0 radical (unpaired) electrons. The Morgan fingerprint density at radius 3 is 1.29 bits per heavy atom. The lowest BCUT2D eigenvalue weighted by Gasteiger charge is -2.44. The first-order chi connectivity index (χ1) is 10.3. The van der Waals surface area contributed by atoms with Gasteiger partial charge in [0.15, 0.2) is 16.6 Å². The average Bonchev–Trinajstić information content (AvgIpc) is 2.14. The molecule has 0 heterocycles. The van der Waals surface area contributed by atoms with Crippen molar-refractivity contribution in [2.75, 3.05) is 12.7 Å². The fraction of sp³-hybridized carbons (Fsp3) is 1.00. The van der Waals surface area contributed by atoms with Crippen LogP contribution in [0.5, 0.6) is 0 Å². The normalized spacial score (nSPS) is 15.2. The molecule has 146 valence electrons. The highest BCUT2D eigenvalue weighted by atomic mass is 31.2. The van der Waals surface area contributed by atoms with E-state index in [1.807, 2.05) is 0 Å². The highest BCUT2D eigenvalue weighted by Gasteiger charge is 2.38. The lowest BCUT2D eigenvalue weighted by Crippen LogP contribution is -2.59. The largest absolute Gasteiger partial charge is 0.352 e. The smallest absolute Gasteiger partial charge is 0.311 e. The van der Waals surface area contributed by atoms with Gasteiger partial charge >= 0.3 is 7.60 Å². The van der Waals surface area contributed by atoms with E-state index < -0.39 is 40.7 Å². The van der Waals surface area contributed by atoms with Crippen LogP contribution < -0.4 is 0 Å². The standard InChI is InChI=1S/C15H42NO3PSi4/c1-21(2,3)16(22(4,5)6)14-13-15-20(17,18-23(7,8)9)19-24(10,11)12/h13-15H2,1-12H3. The van der Waals surface area contributed by atoms with E-state index in [9.17, 15) is 4.57 Å². The van der Waals surface area contributed by atoms with Gasteiger partial charge < -0.3 is 12.7 Å². The molecule has 0 aromatic carbocycles. The Bertz CT molecular complexity index is 414. The van der Waals surface area contributed by atoms with E-state index in [0.717, 1.165) is 13.0 Å².